The summed E-state index contributed by atoms with van der Waals surface area (Å²) in [7, 11) is 1.68. The quantitative estimate of drug-likeness (QED) is 0.837. The molecule has 0 radical (unpaired) electrons. The highest BCUT2D eigenvalue weighted by molar-refractivity contribution is 5.43. The summed E-state index contributed by atoms with van der Waals surface area (Å²) < 4.78 is 7.30. The summed E-state index contributed by atoms with van der Waals surface area (Å²) in [6.45, 7) is 2.23. The van der Waals surface area contributed by atoms with Gasteiger partial charge in [0.1, 0.15) is 5.65 Å². The summed E-state index contributed by atoms with van der Waals surface area (Å²) in [6, 6.07) is 5.92. The maximum Gasteiger partial charge on any atom is 0.198 e. The molecule has 1 fully saturated rings. The van der Waals surface area contributed by atoms with Crippen LogP contribution in [0.2, 0.25) is 0 Å². The number of pyridine rings is 1. The predicted molar refractivity (Wildman–Crippen MR) is 61.8 cm³/mol. The van der Waals surface area contributed by atoms with E-state index in [0.29, 0.717) is 0 Å². The van der Waals surface area contributed by atoms with Gasteiger partial charge in [-0.15, -0.1) is 0 Å². The van der Waals surface area contributed by atoms with Crippen LogP contribution >= 0.6 is 0 Å². The van der Waals surface area contributed by atoms with E-state index in [4.69, 9.17) is 4.74 Å². The van der Waals surface area contributed by atoms with Crippen LogP contribution in [0, 0.1) is 5.92 Å². The van der Waals surface area contributed by atoms with Crippen molar-refractivity contribution in [3.8, 4) is 5.88 Å². The van der Waals surface area contributed by atoms with Crippen molar-refractivity contribution in [2.24, 2.45) is 5.92 Å². The van der Waals surface area contributed by atoms with E-state index in [0.717, 1.165) is 42.6 Å². The van der Waals surface area contributed by atoms with E-state index in [1.165, 1.54) is 0 Å². The standard InChI is InChI=1S/C12H15N3O/c1-16-12-4-2-3-11-14-10(8-15(11)12)5-9-6-13-7-9/h2-4,8-9,13H,5-7H2,1H3. The molecule has 0 spiro atoms. The Balaban J connectivity index is 1.94. The van der Waals surface area contributed by atoms with E-state index in [1.807, 2.05) is 22.6 Å². The molecule has 0 aromatic carbocycles. The molecule has 1 aliphatic heterocycles. The molecular weight excluding hydrogens is 202 g/mol. The smallest absolute Gasteiger partial charge is 0.198 e. The number of fused-ring (bicyclic) bond motifs is 1. The molecule has 3 heterocycles. The Morgan fingerprint density at radius 2 is 2.38 bits per heavy atom. The molecule has 2 aromatic heterocycles. The number of hydrogen-bond acceptors (Lipinski definition) is 3. The molecular formula is C12H15N3O. The molecule has 0 bridgehead atoms. The summed E-state index contributed by atoms with van der Waals surface area (Å²) in [5, 5.41) is 3.28. The number of nitrogens with zero attached hydrogens (tertiary/aromatic N) is 2. The monoisotopic (exact) mass is 217 g/mol. The number of nitrogens with one attached hydrogen (secondary N) is 1. The first kappa shape index (κ1) is 9.66. The Kier molecular flexibility index (Phi) is 2.29. The normalized spacial score (nSPS) is 16.3. The number of imidazole rings is 1. The summed E-state index contributed by atoms with van der Waals surface area (Å²) in [5.41, 5.74) is 2.11. The first-order valence-electron chi connectivity index (χ1n) is 5.58. The molecule has 1 N–H and O–H groups in total. The molecule has 3 rings (SSSR count). The third-order valence-electron chi connectivity index (χ3n) is 3.08. The highest BCUT2D eigenvalue weighted by Crippen LogP contribution is 2.17. The number of methoxy groups -OCH3 is 1. The Hall–Kier alpha value is -1.55. The van der Waals surface area contributed by atoms with Crippen LogP contribution < -0.4 is 10.1 Å². The molecule has 4 nitrogen and oxygen atoms in total. The van der Waals surface area contributed by atoms with Crippen molar-refractivity contribution in [3.63, 3.8) is 0 Å². The van der Waals surface area contributed by atoms with Crippen LogP contribution in [-0.4, -0.2) is 29.6 Å². The molecule has 0 unspecified atom stereocenters. The highest BCUT2D eigenvalue weighted by Gasteiger charge is 2.18. The van der Waals surface area contributed by atoms with Gasteiger partial charge in [0, 0.05) is 6.20 Å². The summed E-state index contributed by atoms with van der Waals surface area (Å²) in [5.74, 6) is 1.58. The lowest BCUT2D eigenvalue weighted by molar-refractivity contribution is 0.344. The number of hydrogen-bond donors (Lipinski definition) is 1. The van der Waals surface area contributed by atoms with E-state index in [9.17, 15) is 0 Å². The maximum absolute atomic E-state index is 5.30. The molecule has 0 saturated carbocycles. The molecule has 0 aliphatic carbocycles. The Morgan fingerprint density at radius 1 is 1.50 bits per heavy atom. The van der Waals surface area contributed by atoms with Gasteiger partial charge in [-0.25, -0.2) is 4.98 Å². The van der Waals surface area contributed by atoms with E-state index in [1.54, 1.807) is 7.11 Å². The minimum Gasteiger partial charge on any atom is -0.482 e. The molecule has 4 heteroatoms. The number of rotatable bonds is 3. The van der Waals surface area contributed by atoms with Crippen LogP contribution in [0.4, 0.5) is 0 Å². The van der Waals surface area contributed by atoms with Gasteiger partial charge in [0.15, 0.2) is 5.88 Å². The fourth-order valence-electron chi connectivity index (χ4n) is 2.09. The minimum atomic E-state index is 0.746. The number of ether oxygens (including phenoxy) is 1. The Bertz CT molecular complexity index is 502. The molecule has 0 amide bonds. The second kappa shape index (κ2) is 3.79. The fourth-order valence-corrected chi connectivity index (χ4v) is 2.09. The minimum absolute atomic E-state index is 0.746. The zero-order valence-electron chi connectivity index (χ0n) is 9.31. The second-order valence-electron chi connectivity index (χ2n) is 4.26. The van der Waals surface area contributed by atoms with Crippen molar-refractivity contribution in [1.29, 1.82) is 0 Å². The molecule has 2 aromatic rings. The van der Waals surface area contributed by atoms with Gasteiger partial charge in [-0.05, 0) is 37.6 Å². The average molecular weight is 217 g/mol. The van der Waals surface area contributed by atoms with Crippen molar-refractivity contribution in [1.82, 2.24) is 14.7 Å². The van der Waals surface area contributed by atoms with E-state index >= 15 is 0 Å². The Morgan fingerprint density at radius 3 is 3.06 bits per heavy atom. The van der Waals surface area contributed by atoms with Crippen molar-refractivity contribution in [2.75, 3.05) is 20.2 Å². The van der Waals surface area contributed by atoms with E-state index < -0.39 is 0 Å². The summed E-state index contributed by atoms with van der Waals surface area (Å²) >= 11 is 0. The van der Waals surface area contributed by atoms with Gasteiger partial charge in [-0.2, -0.15) is 0 Å². The molecule has 0 atom stereocenters. The molecule has 1 saturated heterocycles. The van der Waals surface area contributed by atoms with Gasteiger partial charge in [0.05, 0.1) is 12.8 Å². The van der Waals surface area contributed by atoms with Gasteiger partial charge in [0.2, 0.25) is 0 Å². The molecule has 84 valence electrons. The third-order valence-corrected chi connectivity index (χ3v) is 3.08. The SMILES string of the molecule is COc1cccc2nc(CC3CNC3)cn12. The van der Waals surface area contributed by atoms with Crippen molar-refractivity contribution >= 4 is 5.65 Å². The lowest BCUT2D eigenvalue weighted by Crippen LogP contribution is -2.43. The van der Waals surface area contributed by atoms with Crippen molar-refractivity contribution in [2.45, 2.75) is 6.42 Å². The zero-order valence-corrected chi connectivity index (χ0v) is 9.31. The molecule has 16 heavy (non-hydrogen) atoms. The van der Waals surface area contributed by atoms with Crippen LogP contribution in [0.25, 0.3) is 5.65 Å². The van der Waals surface area contributed by atoms with Gasteiger partial charge < -0.3 is 10.1 Å². The van der Waals surface area contributed by atoms with Crippen LogP contribution in [-0.2, 0) is 6.42 Å². The second-order valence-corrected chi connectivity index (χ2v) is 4.26. The molecule has 1 aliphatic rings. The van der Waals surface area contributed by atoms with Crippen LogP contribution in [0.15, 0.2) is 24.4 Å². The van der Waals surface area contributed by atoms with Crippen molar-refractivity contribution in [3.05, 3.63) is 30.1 Å². The van der Waals surface area contributed by atoms with Gasteiger partial charge in [-0.3, -0.25) is 4.40 Å². The van der Waals surface area contributed by atoms with Gasteiger partial charge in [0.25, 0.3) is 0 Å². The van der Waals surface area contributed by atoms with E-state index in [2.05, 4.69) is 16.5 Å². The van der Waals surface area contributed by atoms with Crippen LogP contribution in [0.3, 0.4) is 0 Å². The number of aromatic nitrogens is 2. The van der Waals surface area contributed by atoms with Crippen LogP contribution in [0.5, 0.6) is 5.88 Å². The summed E-state index contributed by atoms with van der Waals surface area (Å²) in [6.07, 6.45) is 3.13. The van der Waals surface area contributed by atoms with Gasteiger partial charge in [-0.1, -0.05) is 6.07 Å². The van der Waals surface area contributed by atoms with Crippen LogP contribution in [0.1, 0.15) is 5.69 Å². The fraction of sp³-hybridized carbons (Fsp3) is 0.417. The van der Waals surface area contributed by atoms with E-state index in [-0.39, 0.29) is 0 Å². The zero-order chi connectivity index (χ0) is 11.0. The average Bonchev–Trinajstić information content (AvgIpc) is 2.65. The lowest BCUT2D eigenvalue weighted by atomic mass is 9.98. The largest absolute Gasteiger partial charge is 0.482 e. The highest BCUT2D eigenvalue weighted by atomic mass is 16.5. The first-order chi connectivity index (χ1) is 7.86. The Labute approximate surface area is 94.3 Å². The predicted octanol–water partition coefficient (Wildman–Crippen LogP) is 1.10. The van der Waals surface area contributed by atoms with Gasteiger partial charge >= 0.3 is 0 Å². The topological polar surface area (TPSA) is 38.6 Å². The maximum atomic E-state index is 5.30. The van der Waals surface area contributed by atoms with Crippen molar-refractivity contribution < 1.29 is 4.74 Å². The lowest BCUT2D eigenvalue weighted by Gasteiger charge is -2.25. The first-order valence-corrected chi connectivity index (χ1v) is 5.58. The third kappa shape index (κ3) is 1.55. The summed E-state index contributed by atoms with van der Waals surface area (Å²) in [4.78, 5) is 4.60.